The second-order valence-corrected chi connectivity index (χ2v) is 48.6. The zero-order valence-electron chi connectivity index (χ0n) is 84.1. The van der Waals surface area contributed by atoms with Crippen LogP contribution in [0.25, 0.3) is 0 Å². The average Bonchev–Trinajstić information content (AvgIpc) is 0.816. The van der Waals surface area contributed by atoms with Gasteiger partial charge in [-0.25, -0.2) is 40.8 Å². The first-order valence-corrected chi connectivity index (χ1v) is 55.7. The standard InChI is InChI=1S/C17H28O2.C15H22O7S.C15H22O2.2C14H23N.C13H16O7S.C8H16O5S.C6H10O5S/c1-5-16(2,3)15(18)19-17(4)13-7-11-6-12(9-13)10-14(17)8-11;1-4-15(2,3)14(17)20-7-11(16)21-12-8-5-9-10(6-8)23(18,19)22-13(9)12;1-9(2)14(16)17-15(3)12-5-10-4-11(7-12)8-13(15)6-10;2*1-3-5-12-15(13-6-4-2)14-10-8-7-9-11-14;1-6(2)13(15)18-5-10(14)19-11-7-3-8-9(4-7)21(16,17)20-12(8)11;1-4-8(2,3)7(9)13-5-6-14(10,11)12;1-5(2)6(7)11-3-4-12(8,9)10/h11-14H,5-10H2,1-4H3;8-10,12-13H,4-7H2,1-3H3;10-13H,1,4-8H2,2-3H3;2*7-11H,3-6,12-13H2,1-2H3;7-9,11-12H,1,3-5H2,2H3;4-6H2,1-3H3,(H,10,11,12);1,3-4H2,2H3,(H,8,9,10). The van der Waals surface area contributed by atoms with E-state index in [2.05, 4.69) is 138 Å². The summed E-state index contributed by atoms with van der Waals surface area (Å²) in [5, 5.41) is -0.903. The summed E-state index contributed by atoms with van der Waals surface area (Å²) in [6.07, 6.45) is 25.7. The molecule has 2 heterocycles. The van der Waals surface area contributed by atoms with Gasteiger partial charge in [0, 0.05) is 40.4 Å². The van der Waals surface area contributed by atoms with E-state index in [-0.39, 0.29) is 70.0 Å². The summed E-state index contributed by atoms with van der Waals surface area (Å²) >= 11 is 0. The summed E-state index contributed by atoms with van der Waals surface area (Å²) in [6.45, 7) is 48.5. The molecule has 2 aromatic rings. The molecule has 12 bridgehead atoms. The van der Waals surface area contributed by atoms with Crippen LogP contribution in [0.4, 0.5) is 11.4 Å². The maximum atomic E-state index is 12.5. The molecule has 10 unspecified atom stereocenters. The lowest BCUT2D eigenvalue weighted by atomic mass is 9.50. The van der Waals surface area contributed by atoms with Crippen LogP contribution in [-0.4, -0.2) is 201 Å². The monoisotopic (exact) mass is 1990 g/mol. The Morgan fingerprint density at radius 3 is 1.04 bits per heavy atom. The minimum Gasteiger partial charge on any atom is -0.748 e. The van der Waals surface area contributed by atoms with Crippen LogP contribution >= 0.6 is 0 Å². The molecule has 136 heavy (non-hydrogen) atoms. The van der Waals surface area contributed by atoms with E-state index in [0.29, 0.717) is 67.8 Å². The first-order chi connectivity index (χ1) is 63.6. The van der Waals surface area contributed by atoms with Crippen molar-refractivity contribution in [2.45, 2.75) is 331 Å². The molecule has 12 saturated carbocycles. The van der Waals surface area contributed by atoms with Crippen molar-refractivity contribution >= 4 is 99.6 Å². The van der Waals surface area contributed by atoms with Crippen molar-refractivity contribution in [3.8, 4) is 0 Å². The van der Waals surface area contributed by atoms with Crippen LogP contribution in [-0.2, 0) is 125 Å². The topological polar surface area (TPSA) is 420 Å². The Bertz CT molecular complexity index is 4690. The highest BCUT2D eigenvalue weighted by Gasteiger charge is 2.67. The zero-order chi connectivity index (χ0) is 101. The van der Waals surface area contributed by atoms with E-state index in [1.807, 2.05) is 27.7 Å². The lowest BCUT2D eigenvalue weighted by molar-refractivity contribution is -0.833. The van der Waals surface area contributed by atoms with E-state index >= 15 is 0 Å². The van der Waals surface area contributed by atoms with Crippen molar-refractivity contribution < 1.29 is 137 Å². The summed E-state index contributed by atoms with van der Waals surface area (Å²) in [5.74, 6) is 0.762. The van der Waals surface area contributed by atoms with Gasteiger partial charge in [-0.05, 0) is 283 Å². The predicted molar refractivity (Wildman–Crippen MR) is 513 cm³/mol. The molecule has 2 aliphatic heterocycles. The highest BCUT2D eigenvalue weighted by atomic mass is 32.2. The molecule has 0 spiro atoms. The molecular formula is C102H160N2O28S4. The fourth-order valence-electron chi connectivity index (χ4n) is 21.2. The van der Waals surface area contributed by atoms with Crippen LogP contribution in [0.15, 0.2) is 97.1 Å². The minimum atomic E-state index is -4.30. The second kappa shape index (κ2) is 51.1. The molecule has 2 aromatic carbocycles. The summed E-state index contributed by atoms with van der Waals surface area (Å²) < 4.78 is 159. The molecule has 34 heteroatoms. The number of hydrogen-bond acceptors (Lipinski definition) is 28. The van der Waals surface area contributed by atoms with Gasteiger partial charge in [-0.2, -0.15) is 16.8 Å². The molecule has 0 aromatic heterocycles. The van der Waals surface area contributed by atoms with E-state index in [1.165, 1.54) is 167 Å². The molecule has 12 aliphatic carbocycles. The predicted octanol–water partition coefficient (Wildman–Crippen LogP) is 14.4. The first kappa shape index (κ1) is 116. The number of nitrogens with one attached hydrogen (secondary N) is 2. The van der Waals surface area contributed by atoms with Crippen LogP contribution in [0.3, 0.4) is 0 Å². The van der Waals surface area contributed by atoms with E-state index in [4.69, 9.17) is 36.8 Å². The lowest BCUT2D eigenvalue weighted by Gasteiger charge is -2.59. The third kappa shape index (κ3) is 32.8. The van der Waals surface area contributed by atoms with Crippen molar-refractivity contribution in [2.75, 3.05) is 64.1 Å². The Labute approximate surface area is 811 Å². The molecular weight excluding hydrogens is 1830 g/mol. The molecule has 2 saturated heterocycles. The zero-order valence-corrected chi connectivity index (χ0v) is 87.4. The van der Waals surface area contributed by atoms with Crippen LogP contribution < -0.4 is 9.80 Å². The molecule has 14 fully saturated rings. The number of carbonyl (C=O) groups excluding carboxylic acids is 8. The number of carbonyl (C=O) groups is 8. The van der Waals surface area contributed by atoms with Gasteiger partial charge in [0.15, 0.2) is 13.2 Å². The number of quaternary nitrogens is 2. The number of para-hydroxylation sites is 2. The van der Waals surface area contributed by atoms with E-state index in [0.717, 1.165) is 30.1 Å². The lowest BCUT2D eigenvalue weighted by Crippen LogP contribution is -3.07. The average molecular weight is 1990 g/mol. The number of unbranched alkanes of at least 4 members (excludes halogenated alkanes) is 4. The summed E-state index contributed by atoms with van der Waals surface area (Å²) in [6, 6.07) is 21.8. The minimum absolute atomic E-state index is 0.00284. The van der Waals surface area contributed by atoms with Crippen molar-refractivity contribution in [3.63, 3.8) is 0 Å². The maximum Gasteiger partial charge on any atom is 0.344 e. The molecule has 30 nitrogen and oxygen atoms in total. The summed E-state index contributed by atoms with van der Waals surface area (Å²) in [5.41, 5.74) is 1.81. The highest BCUT2D eigenvalue weighted by Crippen LogP contribution is 2.62. The molecule has 0 radical (unpaired) electrons. The highest BCUT2D eigenvalue weighted by molar-refractivity contribution is 7.88. The molecule has 2 N–H and O–H groups in total. The van der Waals surface area contributed by atoms with E-state index < -0.39 is 153 Å². The Hall–Kier alpha value is -7.02. The third-order valence-corrected chi connectivity index (χ3v) is 35.2. The van der Waals surface area contributed by atoms with Gasteiger partial charge < -0.3 is 56.8 Å². The van der Waals surface area contributed by atoms with Crippen LogP contribution in [0.5, 0.6) is 0 Å². The Morgan fingerprint density at radius 1 is 0.419 bits per heavy atom. The van der Waals surface area contributed by atoms with E-state index in [1.54, 1.807) is 44.4 Å². The normalized spacial score (nSPS) is 28.9. The van der Waals surface area contributed by atoms with E-state index in [9.17, 15) is 81.1 Å². The van der Waals surface area contributed by atoms with Gasteiger partial charge in [0.05, 0.1) is 84.7 Å². The van der Waals surface area contributed by atoms with Gasteiger partial charge in [0.2, 0.25) is 0 Å². The fourth-order valence-corrected chi connectivity index (χ4v) is 25.5. The first-order valence-electron chi connectivity index (χ1n) is 49.6. The largest absolute Gasteiger partial charge is 0.748 e. The molecule has 16 rings (SSSR count). The Morgan fingerprint density at radius 2 is 0.721 bits per heavy atom. The van der Waals surface area contributed by atoms with Gasteiger partial charge in [0.1, 0.15) is 60.2 Å². The van der Waals surface area contributed by atoms with Gasteiger partial charge >= 0.3 is 47.8 Å². The van der Waals surface area contributed by atoms with Gasteiger partial charge in [-0.1, -0.05) is 130 Å². The van der Waals surface area contributed by atoms with Gasteiger partial charge in [0.25, 0.3) is 20.2 Å². The van der Waals surface area contributed by atoms with Crippen molar-refractivity contribution in [1.29, 1.82) is 0 Å². The van der Waals surface area contributed by atoms with Gasteiger partial charge in [-0.15, -0.1) is 0 Å². The number of ether oxygens (including phenoxy) is 8. The second-order valence-electron chi connectivity index (χ2n) is 42.0. The summed E-state index contributed by atoms with van der Waals surface area (Å²) in [4.78, 5) is 96.1. The fraction of sp³-hybridized carbons (Fsp3) is 0.745. The molecule has 0 amide bonds. The number of benzene rings is 2. The number of rotatable bonds is 37. The number of fused-ring (bicyclic) bond motifs is 2. The van der Waals surface area contributed by atoms with Gasteiger partial charge in [-0.3, -0.25) is 22.7 Å². The SMILES string of the molecule is C=C(C)C(=O)OC1(C)C2CC3CC(C2)CC1C3.C=C(C)C(=O)OCC(=O)OC1C2CC3C1OS(=O)(=O)C3C2.C=C(C)C(=O)OCCS(=O)(=O)[O-].CCC(C)(C)C(=O)OC1(C)C2CC3CC(C2)CC1C3.CCC(C)(C)C(=O)OCC(=O)OC1C2CC3C1OS(=O)(=O)C3C2.CCC(C)(C)C(=O)OCCS(=O)(=O)[O-].CCCC[NH+](CCCC)c1ccccc1.CCCC[NH+](CCCC)c1ccccc1. The van der Waals surface area contributed by atoms with Crippen molar-refractivity contribution in [1.82, 2.24) is 0 Å². The van der Waals surface area contributed by atoms with Crippen LogP contribution in [0.2, 0.25) is 0 Å². The maximum absolute atomic E-state index is 12.5. The quantitative estimate of drug-likeness (QED) is 0.0208. The molecule has 10 atom stereocenters. The summed E-state index contributed by atoms with van der Waals surface area (Å²) in [7, 11) is -15.7. The van der Waals surface area contributed by atoms with Crippen molar-refractivity contribution in [3.05, 3.63) is 97.1 Å². The van der Waals surface area contributed by atoms with Crippen LogP contribution in [0.1, 0.15) is 285 Å². The molecule has 14 aliphatic rings. The number of hydrogen-bond donors (Lipinski definition) is 2. The van der Waals surface area contributed by atoms with Crippen LogP contribution in [0, 0.1) is 87.3 Å². The third-order valence-electron chi connectivity index (χ3n) is 30.3. The smallest absolute Gasteiger partial charge is 0.344 e. The Balaban J connectivity index is 0.000000214. The Kier molecular flexibility index (Phi) is 43.6. The van der Waals surface area contributed by atoms with Crippen molar-refractivity contribution in [2.24, 2.45) is 87.3 Å². The number of esters is 8. The molecule has 770 valence electrons.